The average Bonchev–Trinajstić information content (AvgIpc) is 3.04. The lowest BCUT2D eigenvalue weighted by atomic mass is 10.0. The van der Waals surface area contributed by atoms with Crippen molar-refractivity contribution >= 4 is 43.5 Å². The van der Waals surface area contributed by atoms with Gasteiger partial charge >= 0.3 is 0 Å². The number of amides is 2. The van der Waals surface area contributed by atoms with E-state index < -0.39 is 28.5 Å². The number of carbonyl (C=O) groups excluding carboxylic acids is 2. The Morgan fingerprint density at radius 3 is 2.11 bits per heavy atom. The standard InChI is InChI=1S/C37H42BrN3O4S/c1-6-28(4)39-37(43)35(23-30-12-8-7-9-13-30)40(24-31-17-19-32(38)20-18-31)36(42)25-41(34-14-10-11-27(3)29(34)5)46(44,45)33-21-15-26(2)16-22-33/h7-22,28,35H,6,23-25H2,1-5H3,(H,39,43)/t28-,35+/m1/s1. The van der Waals surface area contributed by atoms with Gasteiger partial charge in [0.05, 0.1) is 10.6 Å². The highest BCUT2D eigenvalue weighted by Crippen LogP contribution is 2.29. The van der Waals surface area contributed by atoms with E-state index in [1.807, 2.05) is 95.3 Å². The third-order valence-electron chi connectivity index (χ3n) is 8.27. The molecule has 0 aliphatic heterocycles. The first-order chi connectivity index (χ1) is 21.9. The number of aryl methyl sites for hydroxylation is 2. The van der Waals surface area contributed by atoms with Crippen LogP contribution in [0.3, 0.4) is 0 Å². The number of nitrogens with zero attached hydrogens (tertiary/aromatic N) is 2. The minimum absolute atomic E-state index is 0.0848. The number of rotatable bonds is 13. The van der Waals surface area contributed by atoms with E-state index in [9.17, 15) is 18.0 Å². The molecule has 2 amide bonds. The van der Waals surface area contributed by atoms with Crippen LogP contribution in [0.25, 0.3) is 0 Å². The highest BCUT2D eigenvalue weighted by molar-refractivity contribution is 9.10. The maximum absolute atomic E-state index is 14.6. The molecule has 4 aromatic rings. The molecule has 0 aromatic heterocycles. The summed E-state index contributed by atoms with van der Waals surface area (Å²) in [4.78, 5) is 30.2. The maximum atomic E-state index is 14.6. The SMILES string of the molecule is CC[C@@H](C)NC(=O)[C@H](Cc1ccccc1)N(Cc1ccc(Br)cc1)C(=O)CN(c1cccc(C)c1C)S(=O)(=O)c1ccc(C)cc1. The number of hydrogen-bond acceptors (Lipinski definition) is 4. The van der Waals surface area contributed by atoms with Gasteiger partial charge in [0.25, 0.3) is 10.0 Å². The van der Waals surface area contributed by atoms with E-state index >= 15 is 0 Å². The van der Waals surface area contributed by atoms with Crippen molar-refractivity contribution in [2.45, 2.75) is 71.0 Å². The number of carbonyl (C=O) groups is 2. The van der Waals surface area contributed by atoms with Gasteiger partial charge in [0.2, 0.25) is 11.8 Å². The van der Waals surface area contributed by atoms with Crippen LogP contribution in [0.4, 0.5) is 5.69 Å². The predicted molar refractivity (Wildman–Crippen MR) is 188 cm³/mol. The Bertz CT molecular complexity index is 1740. The van der Waals surface area contributed by atoms with Crippen molar-refractivity contribution in [1.82, 2.24) is 10.2 Å². The second-order valence-electron chi connectivity index (χ2n) is 11.7. The van der Waals surface area contributed by atoms with E-state index in [2.05, 4.69) is 21.2 Å². The molecule has 46 heavy (non-hydrogen) atoms. The average molecular weight is 705 g/mol. The molecular formula is C37H42BrN3O4S. The zero-order chi connectivity index (χ0) is 33.4. The quantitative estimate of drug-likeness (QED) is 0.161. The number of anilines is 1. The lowest BCUT2D eigenvalue weighted by Gasteiger charge is -2.34. The van der Waals surface area contributed by atoms with Crippen LogP contribution in [-0.2, 0) is 32.6 Å². The smallest absolute Gasteiger partial charge is 0.264 e. The van der Waals surface area contributed by atoms with Crippen molar-refractivity contribution in [2.24, 2.45) is 0 Å². The number of benzene rings is 4. The van der Waals surface area contributed by atoms with Gasteiger partial charge in [-0.25, -0.2) is 8.42 Å². The summed E-state index contributed by atoms with van der Waals surface area (Å²) in [5.74, 6) is -0.775. The number of nitrogens with one attached hydrogen (secondary N) is 1. The summed E-state index contributed by atoms with van der Waals surface area (Å²) in [5, 5.41) is 3.07. The largest absolute Gasteiger partial charge is 0.352 e. The van der Waals surface area contributed by atoms with Gasteiger partial charge in [-0.2, -0.15) is 0 Å². The molecule has 0 saturated carbocycles. The van der Waals surface area contributed by atoms with E-state index in [-0.39, 0.29) is 29.8 Å². The van der Waals surface area contributed by atoms with Gasteiger partial charge in [0.15, 0.2) is 0 Å². The van der Waals surface area contributed by atoms with Crippen LogP contribution >= 0.6 is 15.9 Å². The summed E-state index contributed by atoms with van der Waals surface area (Å²) in [6, 6.07) is 28.1. The summed E-state index contributed by atoms with van der Waals surface area (Å²) in [6.07, 6.45) is 0.985. The molecule has 0 aliphatic carbocycles. The Hall–Kier alpha value is -3.95. The lowest BCUT2D eigenvalue weighted by Crippen LogP contribution is -2.54. The number of hydrogen-bond donors (Lipinski definition) is 1. The van der Waals surface area contributed by atoms with E-state index in [1.165, 1.54) is 9.21 Å². The Morgan fingerprint density at radius 1 is 0.826 bits per heavy atom. The Labute approximate surface area is 281 Å². The van der Waals surface area contributed by atoms with Crippen molar-refractivity contribution in [3.05, 3.63) is 129 Å². The second kappa shape index (κ2) is 15.6. The molecule has 7 nitrogen and oxygen atoms in total. The molecule has 2 atom stereocenters. The van der Waals surface area contributed by atoms with E-state index in [0.717, 1.165) is 38.7 Å². The fourth-order valence-electron chi connectivity index (χ4n) is 5.14. The molecule has 0 spiro atoms. The van der Waals surface area contributed by atoms with E-state index in [0.29, 0.717) is 5.69 Å². The molecule has 0 saturated heterocycles. The monoisotopic (exact) mass is 703 g/mol. The first-order valence-corrected chi connectivity index (χ1v) is 17.7. The van der Waals surface area contributed by atoms with Gasteiger partial charge in [-0.05, 0) is 86.7 Å². The van der Waals surface area contributed by atoms with E-state index in [4.69, 9.17) is 0 Å². The van der Waals surface area contributed by atoms with E-state index in [1.54, 1.807) is 36.4 Å². The molecule has 9 heteroatoms. The zero-order valence-electron chi connectivity index (χ0n) is 27.0. The normalized spacial score (nSPS) is 12.7. The summed E-state index contributed by atoms with van der Waals surface area (Å²) in [5.41, 5.74) is 4.69. The third-order valence-corrected chi connectivity index (χ3v) is 10.6. The molecule has 4 rings (SSSR count). The first-order valence-electron chi connectivity index (χ1n) is 15.4. The topological polar surface area (TPSA) is 86.8 Å². The highest BCUT2D eigenvalue weighted by atomic mass is 79.9. The predicted octanol–water partition coefficient (Wildman–Crippen LogP) is 7.12. The molecule has 0 radical (unpaired) electrons. The summed E-state index contributed by atoms with van der Waals surface area (Å²) < 4.78 is 30.7. The van der Waals surface area contributed by atoms with Gasteiger partial charge in [-0.3, -0.25) is 13.9 Å². The van der Waals surface area contributed by atoms with Gasteiger partial charge in [0.1, 0.15) is 12.6 Å². The Morgan fingerprint density at radius 2 is 1.48 bits per heavy atom. The van der Waals surface area contributed by atoms with Crippen LogP contribution in [0, 0.1) is 20.8 Å². The molecule has 0 unspecified atom stereocenters. The van der Waals surface area contributed by atoms with Crippen molar-refractivity contribution in [2.75, 3.05) is 10.8 Å². The van der Waals surface area contributed by atoms with Crippen LogP contribution in [-0.4, -0.2) is 43.8 Å². The highest BCUT2D eigenvalue weighted by Gasteiger charge is 2.35. The molecule has 242 valence electrons. The van der Waals surface area contributed by atoms with Crippen molar-refractivity contribution in [3.63, 3.8) is 0 Å². The molecule has 0 bridgehead atoms. The molecular weight excluding hydrogens is 662 g/mol. The van der Waals surface area contributed by atoms with Crippen LogP contribution < -0.4 is 9.62 Å². The first kappa shape index (κ1) is 34.9. The Kier molecular flexibility index (Phi) is 11.8. The second-order valence-corrected chi connectivity index (χ2v) is 14.5. The lowest BCUT2D eigenvalue weighted by molar-refractivity contribution is -0.140. The van der Waals surface area contributed by atoms with Crippen molar-refractivity contribution in [1.29, 1.82) is 0 Å². The van der Waals surface area contributed by atoms with Crippen LogP contribution in [0.1, 0.15) is 48.1 Å². The van der Waals surface area contributed by atoms with Crippen LogP contribution in [0.2, 0.25) is 0 Å². The summed E-state index contributed by atoms with van der Waals surface area (Å²) in [7, 11) is -4.17. The number of halogens is 1. The van der Waals surface area contributed by atoms with Crippen molar-refractivity contribution < 1.29 is 18.0 Å². The third kappa shape index (κ3) is 8.65. The zero-order valence-corrected chi connectivity index (χ0v) is 29.4. The van der Waals surface area contributed by atoms with Crippen LogP contribution in [0.5, 0.6) is 0 Å². The van der Waals surface area contributed by atoms with Gasteiger partial charge in [0, 0.05) is 23.5 Å². The minimum Gasteiger partial charge on any atom is -0.352 e. The van der Waals surface area contributed by atoms with Gasteiger partial charge in [-0.15, -0.1) is 0 Å². The fourth-order valence-corrected chi connectivity index (χ4v) is 6.87. The molecule has 1 N–H and O–H groups in total. The molecule has 0 fully saturated rings. The number of sulfonamides is 1. The fraction of sp³-hybridized carbons (Fsp3) is 0.297. The molecule has 0 heterocycles. The van der Waals surface area contributed by atoms with Gasteiger partial charge in [-0.1, -0.05) is 95.1 Å². The maximum Gasteiger partial charge on any atom is 0.264 e. The Balaban J connectivity index is 1.83. The molecule has 4 aromatic carbocycles. The summed E-state index contributed by atoms with van der Waals surface area (Å²) in [6.45, 7) is 9.19. The van der Waals surface area contributed by atoms with Gasteiger partial charge < -0.3 is 10.2 Å². The summed E-state index contributed by atoms with van der Waals surface area (Å²) >= 11 is 3.47. The minimum atomic E-state index is -4.17. The van der Waals surface area contributed by atoms with Crippen molar-refractivity contribution in [3.8, 4) is 0 Å². The van der Waals surface area contributed by atoms with Crippen LogP contribution in [0.15, 0.2) is 106 Å². The molecule has 0 aliphatic rings.